The summed E-state index contributed by atoms with van der Waals surface area (Å²) >= 11 is 0. The van der Waals surface area contributed by atoms with Crippen molar-refractivity contribution >= 4 is 0 Å². The minimum absolute atomic E-state index is 0.310. The van der Waals surface area contributed by atoms with Crippen molar-refractivity contribution in [1.29, 1.82) is 0 Å². The largest absolute Gasteiger partial charge is 0.396 e. The van der Waals surface area contributed by atoms with Crippen LogP contribution in [-0.2, 0) is 0 Å². The average molecular weight is 225 g/mol. The molecule has 0 amide bonds. The minimum atomic E-state index is 0.310. The van der Waals surface area contributed by atoms with Crippen molar-refractivity contribution in [1.82, 2.24) is 5.32 Å². The maximum Gasteiger partial charge on any atom is 0.0431 e. The maximum absolute atomic E-state index is 8.78. The molecule has 0 unspecified atom stereocenters. The van der Waals surface area contributed by atoms with Gasteiger partial charge in [-0.05, 0) is 51.4 Å². The SMILES string of the molecule is CC1=CCC[C@@H](C)[C@@H]1CN[C@@H](C)CCCO. The van der Waals surface area contributed by atoms with E-state index in [1.54, 1.807) is 5.57 Å². The van der Waals surface area contributed by atoms with Crippen LogP contribution in [0.4, 0.5) is 0 Å². The zero-order chi connectivity index (χ0) is 12.0. The molecule has 0 heterocycles. The summed E-state index contributed by atoms with van der Waals surface area (Å²) in [6.45, 7) is 8.24. The highest BCUT2D eigenvalue weighted by molar-refractivity contribution is 5.09. The van der Waals surface area contributed by atoms with Crippen LogP contribution in [0.1, 0.15) is 46.5 Å². The zero-order valence-corrected chi connectivity index (χ0v) is 11.0. The van der Waals surface area contributed by atoms with Crippen molar-refractivity contribution < 1.29 is 5.11 Å². The lowest BCUT2D eigenvalue weighted by molar-refractivity contribution is 0.272. The van der Waals surface area contributed by atoms with Crippen LogP contribution in [0, 0.1) is 11.8 Å². The van der Waals surface area contributed by atoms with E-state index >= 15 is 0 Å². The predicted molar refractivity (Wildman–Crippen MR) is 69.4 cm³/mol. The normalized spacial score (nSPS) is 27.6. The molecule has 0 aromatic rings. The summed E-state index contributed by atoms with van der Waals surface area (Å²) < 4.78 is 0. The number of hydrogen-bond acceptors (Lipinski definition) is 2. The standard InChI is InChI=1S/C14H27NO/c1-11-6-4-7-12(2)14(11)10-15-13(3)8-5-9-16/h6,12-16H,4-5,7-10H2,1-3H3/t12-,13+,14-/m1/s1. The van der Waals surface area contributed by atoms with Gasteiger partial charge in [0.15, 0.2) is 0 Å². The number of allylic oxidation sites excluding steroid dienone is 1. The van der Waals surface area contributed by atoms with Gasteiger partial charge >= 0.3 is 0 Å². The Kier molecular flexibility index (Phi) is 6.07. The molecule has 0 radical (unpaired) electrons. The summed E-state index contributed by atoms with van der Waals surface area (Å²) in [5.74, 6) is 1.52. The second kappa shape index (κ2) is 7.08. The third-order valence-electron chi connectivity index (χ3n) is 3.84. The monoisotopic (exact) mass is 225 g/mol. The van der Waals surface area contributed by atoms with Crippen molar-refractivity contribution in [3.63, 3.8) is 0 Å². The number of aliphatic hydroxyl groups is 1. The molecular formula is C14H27NO. The summed E-state index contributed by atoms with van der Waals surface area (Å²) in [5, 5.41) is 12.4. The number of nitrogens with one attached hydrogen (secondary N) is 1. The Balaban J connectivity index is 2.30. The van der Waals surface area contributed by atoms with Crippen molar-refractivity contribution in [3.05, 3.63) is 11.6 Å². The van der Waals surface area contributed by atoms with Crippen molar-refractivity contribution in [2.75, 3.05) is 13.2 Å². The third kappa shape index (κ3) is 4.26. The molecule has 0 aromatic carbocycles. The highest BCUT2D eigenvalue weighted by atomic mass is 16.2. The molecule has 3 atom stereocenters. The topological polar surface area (TPSA) is 32.3 Å². The van der Waals surface area contributed by atoms with Crippen LogP contribution in [0.5, 0.6) is 0 Å². The van der Waals surface area contributed by atoms with Crippen LogP contribution in [0.15, 0.2) is 11.6 Å². The van der Waals surface area contributed by atoms with Crippen LogP contribution in [0.2, 0.25) is 0 Å². The van der Waals surface area contributed by atoms with E-state index in [1.807, 2.05) is 0 Å². The highest BCUT2D eigenvalue weighted by Crippen LogP contribution is 2.29. The molecule has 0 saturated carbocycles. The Labute approximate surface area is 100 Å². The Morgan fingerprint density at radius 3 is 2.94 bits per heavy atom. The molecule has 1 aliphatic carbocycles. The summed E-state index contributed by atoms with van der Waals surface area (Å²) in [6.07, 6.45) is 6.95. The Hall–Kier alpha value is -0.340. The smallest absolute Gasteiger partial charge is 0.0431 e. The molecule has 16 heavy (non-hydrogen) atoms. The van der Waals surface area contributed by atoms with Crippen molar-refractivity contribution in [2.45, 2.75) is 52.5 Å². The molecule has 0 fully saturated rings. The van der Waals surface area contributed by atoms with E-state index in [4.69, 9.17) is 5.11 Å². The molecule has 0 bridgehead atoms. The first-order valence-electron chi connectivity index (χ1n) is 6.66. The second-order valence-electron chi connectivity index (χ2n) is 5.28. The van der Waals surface area contributed by atoms with Gasteiger partial charge in [0.05, 0.1) is 0 Å². The molecular weight excluding hydrogens is 198 g/mol. The quantitative estimate of drug-likeness (QED) is 0.681. The van der Waals surface area contributed by atoms with Crippen molar-refractivity contribution in [2.24, 2.45) is 11.8 Å². The van der Waals surface area contributed by atoms with E-state index < -0.39 is 0 Å². The minimum Gasteiger partial charge on any atom is -0.396 e. The molecule has 2 N–H and O–H groups in total. The van der Waals surface area contributed by atoms with Gasteiger partial charge in [0, 0.05) is 19.2 Å². The molecule has 0 aliphatic heterocycles. The Morgan fingerprint density at radius 1 is 1.56 bits per heavy atom. The molecule has 2 heteroatoms. The van der Waals surface area contributed by atoms with Crippen molar-refractivity contribution in [3.8, 4) is 0 Å². The average Bonchev–Trinajstić information content (AvgIpc) is 2.25. The molecule has 0 spiro atoms. The second-order valence-corrected chi connectivity index (χ2v) is 5.28. The van der Waals surface area contributed by atoms with E-state index in [0.717, 1.165) is 25.3 Å². The molecule has 1 aliphatic rings. The summed E-state index contributed by atoms with van der Waals surface area (Å²) in [7, 11) is 0. The van der Waals surface area contributed by atoms with Crippen LogP contribution < -0.4 is 5.32 Å². The number of rotatable bonds is 6. The first kappa shape index (κ1) is 13.7. The zero-order valence-electron chi connectivity index (χ0n) is 11.0. The van der Waals surface area contributed by atoms with E-state index in [0.29, 0.717) is 18.6 Å². The predicted octanol–water partition coefficient (Wildman–Crippen LogP) is 2.73. The number of hydrogen-bond donors (Lipinski definition) is 2. The van der Waals surface area contributed by atoms with Crippen LogP contribution >= 0.6 is 0 Å². The Bertz CT molecular complexity index is 225. The molecule has 2 nitrogen and oxygen atoms in total. The van der Waals surface area contributed by atoms with Gasteiger partial charge in [0.1, 0.15) is 0 Å². The fraction of sp³-hybridized carbons (Fsp3) is 0.857. The van der Waals surface area contributed by atoms with Crippen LogP contribution in [-0.4, -0.2) is 24.3 Å². The van der Waals surface area contributed by atoms with Gasteiger partial charge in [0.25, 0.3) is 0 Å². The fourth-order valence-corrected chi connectivity index (χ4v) is 2.57. The van der Waals surface area contributed by atoms with Crippen LogP contribution in [0.25, 0.3) is 0 Å². The van der Waals surface area contributed by atoms with Gasteiger partial charge in [-0.15, -0.1) is 0 Å². The van der Waals surface area contributed by atoms with Crippen LogP contribution in [0.3, 0.4) is 0 Å². The number of aliphatic hydroxyl groups excluding tert-OH is 1. The first-order chi connectivity index (χ1) is 7.65. The van der Waals surface area contributed by atoms with Gasteiger partial charge in [-0.2, -0.15) is 0 Å². The van der Waals surface area contributed by atoms with Gasteiger partial charge < -0.3 is 10.4 Å². The lowest BCUT2D eigenvalue weighted by atomic mass is 9.80. The molecule has 94 valence electrons. The first-order valence-corrected chi connectivity index (χ1v) is 6.66. The van der Waals surface area contributed by atoms with E-state index in [1.165, 1.54) is 12.8 Å². The molecule has 0 aromatic heterocycles. The fourth-order valence-electron chi connectivity index (χ4n) is 2.57. The van der Waals surface area contributed by atoms with E-state index in [9.17, 15) is 0 Å². The molecule has 0 saturated heterocycles. The van der Waals surface area contributed by atoms with Gasteiger partial charge in [0.2, 0.25) is 0 Å². The Morgan fingerprint density at radius 2 is 2.31 bits per heavy atom. The summed E-state index contributed by atoms with van der Waals surface area (Å²) in [6, 6.07) is 0.522. The van der Waals surface area contributed by atoms with Gasteiger partial charge in [-0.25, -0.2) is 0 Å². The lowest BCUT2D eigenvalue weighted by Gasteiger charge is -2.30. The van der Waals surface area contributed by atoms with Gasteiger partial charge in [-0.1, -0.05) is 18.6 Å². The van der Waals surface area contributed by atoms with E-state index in [2.05, 4.69) is 32.2 Å². The highest BCUT2D eigenvalue weighted by Gasteiger charge is 2.21. The summed E-state index contributed by atoms with van der Waals surface area (Å²) in [4.78, 5) is 0. The maximum atomic E-state index is 8.78. The third-order valence-corrected chi connectivity index (χ3v) is 3.84. The van der Waals surface area contributed by atoms with Gasteiger partial charge in [-0.3, -0.25) is 0 Å². The van der Waals surface area contributed by atoms with E-state index in [-0.39, 0.29) is 0 Å². The lowest BCUT2D eigenvalue weighted by Crippen LogP contribution is -2.35. The molecule has 1 rings (SSSR count). The summed E-state index contributed by atoms with van der Waals surface area (Å²) in [5.41, 5.74) is 1.56.